The van der Waals surface area contributed by atoms with Crippen LogP contribution in [0.3, 0.4) is 0 Å². The number of carbonyl (C=O) groups is 1. The maximum absolute atomic E-state index is 12.4. The van der Waals surface area contributed by atoms with Crippen LogP contribution in [0.4, 0.5) is 0 Å². The first-order chi connectivity index (χ1) is 11.6. The van der Waals surface area contributed by atoms with Crippen LogP contribution in [0, 0.1) is 13.8 Å². The number of aryl methyl sites for hydroxylation is 2. The standard InChI is InChI=1S/C19H25N3O2/c1-14-10-15(2)22(21-14)13-16-6-5-7-17(11-16)19(23)20-12-18-8-3-4-9-24-18/h5-7,10-11,18H,3-4,8-9,12-13H2,1-2H3,(H,20,23)/t18-/m0/s1. The summed E-state index contributed by atoms with van der Waals surface area (Å²) in [6.07, 6.45) is 3.48. The smallest absolute Gasteiger partial charge is 0.251 e. The number of rotatable bonds is 5. The van der Waals surface area contributed by atoms with Gasteiger partial charge in [0.2, 0.25) is 0 Å². The summed E-state index contributed by atoms with van der Waals surface area (Å²) in [5.74, 6) is -0.0422. The normalized spacial score (nSPS) is 17.7. The molecule has 1 atom stereocenters. The first-order valence-electron chi connectivity index (χ1n) is 8.61. The summed E-state index contributed by atoms with van der Waals surface area (Å²) in [5.41, 5.74) is 3.89. The Bertz CT molecular complexity index is 702. The lowest BCUT2D eigenvalue weighted by atomic mass is 10.1. The third kappa shape index (κ3) is 4.23. The van der Waals surface area contributed by atoms with Crippen LogP contribution in [0.5, 0.6) is 0 Å². The Morgan fingerprint density at radius 2 is 2.21 bits per heavy atom. The number of nitrogens with zero attached hydrogens (tertiary/aromatic N) is 2. The number of ether oxygens (including phenoxy) is 1. The fraction of sp³-hybridized carbons (Fsp3) is 0.474. The van der Waals surface area contributed by atoms with Gasteiger partial charge in [0.05, 0.1) is 18.3 Å². The molecule has 24 heavy (non-hydrogen) atoms. The highest BCUT2D eigenvalue weighted by Crippen LogP contribution is 2.13. The molecule has 128 valence electrons. The first-order valence-corrected chi connectivity index (χ1v) is 8.61. The quantitative estimate of drug-likeness (QED) is 0.919. The molecule has 0 aliphatic carbocycles. The van der Waals surface area contributed by atoms with Gasteiger partial charge in [-0.2, -0.15) is 5.10 Å². The maximum Gasteiger partial charge on any atom is 0.251 e. The SMILES string of the molecule is Cc1cc(C)n(Cc2cccc(C(=O)NC[C@@H]3CCCCO3)c2)n1. The van der Waals surface area contributed by atoms with E-state index in [1.54, 1.807) is 0 Å². The predicted molar refractivity (Wildman–Crippen MR) is 93.2 cm³/mol. The molecule has 2 heterocycles. The van der Waals surface area contributed by atoms with Gasteiger partial charge in [0.15, 0.2) is 0 Å². The van der Waals surface area contributed by atoms with Crippen molar-refractivity contribution in [1.82, 2.24) is 15.1 Å². The largest absolute Gasteiger partial charge is 0.376 e. The molecule has 1 amide bonds. The van der Waals surface area contributed by atoms with Gasteiger partial charge in [-0.1, -0.05) is 12.1 Å². The minimum Gasteiger partial charge on any atom is -0.376 e. The second kappa shape index (κ2) is 7.62. The third-order valence-corrected chi connectivity index (χ3v) is 4.39. The van der Waals surface area contributed by atoms with Crippen LogP contribution in [-0.4, -0.2) is 34.9 Å². The summed E-state index contributed by atoms with van der Waals surface area (Å²) < 4.78 is 7.62. The topological polar surface area (TPSA) is 56.2 Å². The van der Waals surface area contributed by atoms with E-state index in [1.165, 1.54) is 6.42 Å². The molecular formula is C19H25N3O2. The van der Waals surface area contributed by atoms with Gasteiger partial charge in [0.1, 0.15) is 0 Å². The number of amides is 1. The summed E-state index contributed by atoms with van der Waals surface area (Å²) in [5, 5.41) is 7.47. The molecule has 0 unspecified atom stereocenters. The molecule has 1 aliphatic rings. The van der Waals surface area contributed by atoms with Crippen molar-refractivity contribution >= 4 is 5.91 Å². The van der Waals surface area contributed by atoms with E-state index >= 15 is 0 Å². The lowest BCUT2D eigenvalue weighted by molar-refractivity contribution is 0.0169. The summed E-state index contributed by atoms with van der Waals surface area (Å²) in [6, 6.07) is 9.79. The molecule has 2 aromatic rings. The minimum atomic E-state index is -0.0422. The molecule has 1 aromatic carbocycles. The lowest BCUT2D eigenvalue weighted by Crippen LogP contribution is -2.35. The van der Waals surface area contributed by atoms with E-state index in [9.17, 15) is 4.79 Å². The zero-order chi connectivity index (χ0) is 16.9. The van der Waals surface area contributed by atoms with Gasteiger partial charge >= 0.3 is 0 Å². The highest BCUT2D eigenvalue weighted by molar-refractivity contribution is 5.94. The van der Waals surface area contributed by atoms with E-state index in [-0.39, 0.29) is 12.0 Å². The molecule has 3 rings (SSSR count). The van der Waals surface area contributed by atoms with E-state index in [0.717, 1.165) is 36.4 Å². The van der Waals surface area contributed by atoms with Crippen LogP contribution in [0.15, 0.2) is 30.3 Å². The van der Waals surface area contributed by atoms with Gasteiger partial charge in [-0.05, 0) is 56.9 Å². The Labute approximate surface area is 143 Å². The number of carbonyl (C=O) groups excluding carboxylic acids is 1. The molecule has 5 heteroatoms. The van der Waals surface area contributed by atoms with Crippen molar-refractivity contribution in [2.75, 3.05) is 13.2 Å². The molecular weight excluding hydrogens is 302 g/mol. The Morgan fingerprint density at radius 1 is 1.33 bits per heavy atom. The van der Waals surface area contributed by atoms with Gasteiger partial charge in [-0.3, -0.25) is 9.48 Å². The molecule has 5 nitrogen and oxygen atoms in total. The van der Waals surface area contributed by atoms with Crippen LogP contribution in [0.1, 0.15) is 46.6 Å². The van der Waals surface area contributed by atoms with Crippen LogP contribution in [0.2, 0.25) is 0 Å². The predicted octanol–water partition coefficient (Wildman–Crippen LogP) is 2.85. The molecule has 1 aromatic heterocycles. The average molecular weight is 327 g/mol. The van der Waals surface area contributed by atoms with Crippen molar-refractivity contribution in [3.63, 3.8) is 0 Å². The van der Waals surface area contributed by atoms with Crippen LogP contribution in [0.25, 0.3) is 0 Å². The molecule has 0 bridgehead atoms. The summed E-state index contributed by atoms with van der Waals surface area (Å²) in [6.45, 7) is 6.09. The monoisotopic (exact) mass is 327 g/mol. The van der Waals surface area contributed by atoms with E-state index in [4.69, 9.17) is 4.74 Å². The highest BCUT2D eigenvalue weighted by atomic mass is 16.5. The summed E-state index contributed by atoms with van der Waals surface area (Å²) >= 11 is 0. The van der Waals surface area contributed by atoms with Crippen molar-refractivity contribution in [3.05, 3.63) is 52.8 Å². The Kier molecular flexibility index (Phi) is 5.30. The Morgan fingerprint density at radius 3 is 2.92 bits per heavy atom. The van der Waals surface area contributed by atoms with Crippen molar-refractivity contribution in [2.24, 2.45) is 0 Å². The number of nitrogens with one attached hydrogen (secondary N) is 1. The second-order valence-electron chi connectivity index (χ2n) is 6.48. The van der Waals surface area contributed by atoms with Crippen LogP contribution in [-0.2, 0) is 11.3 Å². The second-order valence-corrected chi connectivity index (χ2v) is 6.48. The van der Waals surface area contributed by atoms with Crippen LogP contribution >= 0.6 is 0 Å². The Hall–Kier alpha value is -2.14. The van der Waals surface area contributed by atoms with E-state index in [2.05, 4.69) is 16.5 Å². The van der Waals surface area contributed by atoms with Crippen molar-refractivity contribution < 1.29 is 9.53 Å². The Balaban J connectivity index is 1.61. The molecule has 0 spiro atoms. The number of hydrogen-bond acceptors (Lipinski definition) is 3. The molecule has 1 aliphatic heterocycles. The molecule has 0 saturated carbocycles. The zero-order valence-electron chi connectivity index (χ0n) is 14.4. The fourth-order valence-corrected chi connectivity index (χ4v) is 3.10. The number of aromatic nitrogens is 2. The third-order valence-electron chi connectivity index (χ3n) is 4.39. The fourth-order valence-electron chi connectivity index (χ4n) is 3.10. The van der Waals surface area contributed by atoms with E-state index in [0.29, 0.717) is 18.7 Å². The summed E-state index contributed by atoms with van der Waals surface area (Å²) in [7, 11) is 0. The zero-order valence-corrected chi connectivity index (χ0v) is 14.4. The number of benzene rings is 1. The molecule has 1 N–H and O–H groups in total. The van der Waals surface area contributed by atoms with Gasteiger partial charge in [0, 0.05) is 24.4 Å². The first kappa shape index (κ1) is 16.7. The van der Waals surface area contributed by atoms with E-state index < -0.39 is 0 Å². The van der Waals surface area contributed by atoms with Crippen molar-refractivity contribution in [3.8, 4) is 0 Å². The maximum atomic E-state index is 12.4. The van der Waals surface area contributed by atoms with Gasteiger partial charge in [-0.15, -0.1) is 0 Å². The lowest BCUT2D eigenvalue weighted by Gasteiger charge is -2.22. The summed E-state index contributed by atoms with van der Waals surface area (Å²) in [4.78, 5) is 12.4. The average Bonchev–Trinajstić information content (AvgIpc) is 2.91. The van der Waals surface area contributed by atoms with Gasteiger partial charge < -0.3 is 10.1 Å². The molecule has 1 fully saturated rings. The van der Waals surface area contributed by atoms with E-state index in [1.807, 2.05) is 42.8 Å². The highest BCUT2D eigenvalue weighted by Gasteiger charge is 2.15. The van der Waals surface area contributed by atoms with Crippen molar-refractivity contribution in [1.29, 1.82) is 0 Å². The van der Waals surface area contributed by atoms with Gasteiger partial charge in [-0.25, -0.2) is 0 Å². The minimum absolute atomic E-state index is 0.0422. The number of hydrogen-bond donors (Lipinski definition) is 1. The molecule has 1 saturated heterocycles. The van der Waals surface area contributed by atoms with Crippen molar-refractivity contribution in [2.45, 2.75) is 45.8 Å². The van der Waals surface area contributed by atoms with Gasteiger partial charge in [0.25, 0.3) is 5.91 Å². The molecule has 0 radical (unpaired) electrons. The van der Waals surface area contributed by atoms with Crippen LogP contribution < -0.4 is 5.32 Å².